The Kier molecular flexibility index (Phi) is 5.68. The number of rotatable bonds is 6. The maximum absolute atomic E-state index is 10.7. The van der Waals surface area contributed by atoms with E-state index in [0.29, 0.717) is 11.4 Å². The molecule has 3 aromatic rings. The van der Waals surface area contributed by atoms with E-state index in [2.05, 4.69) is 14.4 Å². The van der Waals surface area contributed by atoms with Gasteiger partial charge in [-0.1, -0.05) is 24.3 Å². The van der Waals surface area contributed by atoms with E-state index in [9.17, 15) is 8.76 Å². The Labute approximate surface area is 159 Å². The Bertz CT molecular complexity index is 1020. The molecule has 7 nitrogen and oxygen atoms in total. The molecular formula is C19H18N3O4S-. The fourth-order valence-electron chi connectivity index (χ4n) is 2.72. The van der Waals surface area contributed by atoms with Crippen molar-refractivity contribution in [2.24, 2.45) is 10.2 Å². The van der Waals surface area contributed by atoms with E-state index < -0.39 is 11.4 Å². The highest BCUT2D eigenvalue weighted by atomic mass is 32.2. The van der Waals surface area contributed by atoms with Crippen LogP contribution in [0.4, 0.5) is 17.1 Å². The van der Waals surface area contributed by atoms with E-state index in [1.165, 1.54) is 19.2 Å². The first-order valence-corrected chi connectivity index (χ1v) is 9.06. The summed E-state index contributed by atoms with van der Waals surface area (Å²) in [6.45, 7) is 0. The van der Waals surface area contributed by atoms with Gasteiger partial charge in [0.25, 0.3) is 0 Å². The SMILES string of the molecule is COc1cc(OS(=O)[O-])ccc1N=Nc1ccc(N(C)C)c2ccccc12. The van der Waals surface area contributed by atoms with Gasteiger partial charge < -0.3 is 18.4 Å². The summed E-state index contributed by atoms with van der Waals surface area (Å²) in [5, 5.41) is 10.7. The third-order valence-electron chi connectivity index (χ3n) is 3.94. The van der Waals surface area contributed by atoms with Crippen LogP contribution in [0.15, 0.2) is 64.8 Å². The number of benzene rings is 3. The molecule has 0 heterocycles. The summed E-state index contributed by atoms with van der Waals surface area (Å²) >= 11 is -2.65. The normalized spacial score (nSPS) is 12.3. The zero-order valence-corrected chi connectivity index (χ0v) is 15.9. The molecule has 3 aromatic carbocycles. The number of azo groups is 1. The van der Waals surface area contributed by atoms with E-state index in [1.54, 1.807) is 6.07 Å². The van der Waals surface area contributed by atoms with Crippen LogP contribution in [0.1, 0.15) is 0 Å². The van der Waals surface area contributed by atoms with E-state index >= 15 is 0 Å². The topological polar surface area (TPSA) is 86.5 Å². The summed E-state index contributed by atoms with van der Waals surface area (Å²) in [6, 6.07) is 16.4. The summed E-state index contributed by atoms with van der Waals surface area (Å²) in [7, 11) is 5.45. The quantitative estimate of drug-likeness (QED) is 0.461. The Morgan fingerprint density at radius 1 is 0.963 bits per heavy atom. The summed E-state index contributed by atoms with van der Waals surface area (Å²) in [5.74, 6) is 0.496. The minimum absolute atomic E-state index is 0.139. The van der Waals surface area contributed by atoms with Gasteiger partial charge in [-0.25, -0.2) is 4.21 Å². The van der Waals surface area contributed by atoms with Crippen molar-refractivity contribution >= 4 is 39.2 Å². The van der Waals surface area contributed by atoms with Crippen molar-refractivity contribution in [2.75, 3.05) is 26.1 Å². The summed E-state index contributed by atoms with van der Waals surface area (Å²) in [5.41, 5.74) is 2.27. The van der Waals surface area contributed by atoms with Crippen molar-refractivity contribution in [3.05, 3.63) is 54.6 Å². The fraction of sp³-hybridized carbons (Fsp3) is 0.158. The number of anilines is 1. The maximum atomic E-state index is 10.7. The molecule has 0 aromatic heterocycles. The lowest BCUT2D eigenvalue weighted by atomic mass is 10.1. The number of hydrogen-bond acceptors (Lipinski definition) is 7. The monoisotopic (exact) mass is 384 g/mol. The molecule has 0 saturated heterocycles. The predicted molar refractivity (Wildman–Crippen MR) is 105 cm³/mol. The van der Waals surface area contributed by atoms with Crippen LogP contribution >= 0.6 is 0 Å². The van der Waals surface area contributed by atoms with Gasteiger partial charge in [0.05, 0.1) is 12.8 Å². The molecule has 1 unspecified atom stereocenters. The third-order valence-corrected chi connectivity index (χ3v) is 4.27. The second-order valence-corrected chi connectivity index (χ2v) is 6.44. The van der Waals surface area contributed by atoms with Crippen molar-refractivity contribution in [3.8, 4) is 11.5 Å². The van der Waals surface area contributed by atoms with Crippen molar-refractivity contribution in [3.63, 3.8) is 0 Å². The van der Waals surface area contributed by atoms with Gasteiger partial charge in [0.2, 0.25) is 0 Å². The van der Waals surface area contributed by atoms with Gasteiger partial charge in [0.1, 0.15) is 28.5 Å². The van der Waals surface area contributed by atoms with E-state index in [4.69, 9.17) is 4.74 Å². The molecule has 0 radical (unpaired) electrons. The number of methoxy groups -OCH3 is 1. The highest BCUT2D eigenvalue weighted by molar-refractivity contribution is 7.74. The zero-order chi connectivity index (χ0) is 19.4. The van der Waals surface area contributed by atoms with Crippen LogP contribution < -0.4 is 13.8 Å². The van der Waals surface area contributed by atoms with Crippen LogP contribution in [0.5, 0.6) is 11.5 Å². The smallest absolute Gasteiger partial charge is 0.150 e. The molecule has 0 fully saturated rings. The Hall–Kier alpha value is -2.97. The first-order valence-electron chi connectivity index (χ1n) is 8.06. The van der Waals surface area contributed by atoms with Crippen LogP contribution in [0, 0.1) is 0 Å². The minimum atomic E-state index is -2.65. The Morgan fingerprint density at radius 2 is 1.63 bits per heavy atom. The molecular weight excluding hydrogens is 366 g/mol. The van der Waals surface area contributed by atoms with Crippen LogP contribution in [0.3, 0.4) is 0 Å². The molecule has 0 saturated carbocycles. The summed E-state index contributed by atoms with van der Waals surface area (Å²) < 4.78 is 31.2. The van der Waals surface area contributed by atoms with E-state index in [-0.39, 0.29) is 5.75 Å². The molecule has 0 N–H and O–H groups in total. The van der Waals surface area contributed by atoms with Crippen molar-refractivity contribution in [1.29, 1.82) is 0 Å². The molecule has 140 valence electrons. The largest absolute Gasteiger partial charge is 0.740 e. The second kappa shape index (κ2) is 8.15. The average molecular weight is 384 g/mol. The van der Waals surface area contributed by atoms with Crippen molar-refractivity contribution in [2.45, 2.75) is 0 Å². The predicted octanol–water partition coefficient (Wildman–Crippen LogP) is 4.50. The Balaban J connectivity index is 1.99. The van der Waals surface area contributed by atoms with Gasteiger partial charge >= 0.3 is 0 Å². The first kappa shape index (κ1) is 18.8. The molecule has 0 aliphatic heterocycles. The van der Waals surface area contributed by atoms with Gasteiger partial charge in [-0.05, 0) is 24.3 Å². The molecule has 1 atom stereocenters. The van der Waals surface area contributed by atoms with Crippen LogP contribution in [-0.2, 0) is 11.4 Å². The van der Waals surface area contributed by atoms with Gasteiger partial charge in [-0.3, -0.25) is 0 Å². The van der Waals surface area contributed by atoms with E-state index in [1.807, 2.05) is 55.4 Å². The minimum Gasteiger partial charge on any atom is -0.740 e. The molecule has 0 amide bonds. The van der Waals surface area contributed by atoms with E-state index in [0.717, 1.165) is 22.1 Å². The molecule has 0 bridgehead atoms. The van der Waals surface area contributed by atoms with Crippen molar-refractivity contribution < 1.29 is 17.7 Å². The molecule has 0 aliphatic carbocycles. The lowest BCUT2D eigenvalue weighted by molar-refractivity contribution is 0.410. The average Bonchev–Trinajstić information content (AvgIpc) is 2.65. The molecule has 0 aliphatic rings. The number of hydrogen-bond donors (Lipinski definition) is 0. The van der Waals surface area contributed by atoms with Crippen LogP contribution in [0.2, 0.25) is 0 Å². The van der Waals surface area contributed by atoms with Gasteiger partial charge in [-0.15, -0.1) is 10.2 Å². The summed E-state index contributed by atoms with van der Waals surface area (Å²) in [4.78, 5) is 2.05. The standard InChI is InChI=1S/C19H19N3O4S/c1-22(2)18-11-10-16(14-6-4-5-7-15(14)18)20-21-17-9-8-13(26-27(23)24)12-19(17)25-3/h4-12H,1-3H3,(H,23,24)/p-1. The zero-order valence-electron chi connectivity index (χ0n) is 15.1. The van der Waals surface area contributed by atoms with Gasteiger partial charge in [-0.2, -0.15) is 0 Å². The lowest BCUT2D eigenvalue weighted by Crippen LogP contribution is -2.08. The van der Waals surface area contributed by atoms with Crippen molar-refractivity contribution in [1.82, 2.24) is 0 Å². The van der Waals surface area contributed by atoms with Crippen LogP contribution in [-0.4, -0.2) is 30.0 Å². The molecule has 8 heteroatoms. The fourth-order valence-corrected chi connectivity index (χ4v) is 2.98. The first-order chi connectivity index (χ1) is 13.0. The molecule has 0 spiro atoms. The second-order valence-electron chi connectivity index (χ2n) is 5.86. The van der Waals surface area contributed by atoms with Gasteiger partial charge in [0, 0.05) is 36.6 Å². The highest BCUT2D eigenvalue weighted by Crippen LogP contribution is 2.36. The highest BCUT2D eigenvalue weighted by Gasteiger charge is 2.08. The number of fused-ring (bicyclic) bond motifs is 1. The number of ether oxygens (including phenoxy) is 1. The lowest BCUT2D eigenvalue weighted by Gasteiger charge is -2.16. The third kappa shape index (κ3) is 4.24. The van der Waals surface area contributed by atoms with Gasteiger partial charge in [0.15, 0.2) is 0 Å². The summed E-state index contributed by atoms with van der Waals surface area (Å²) in [6.07, 6.45) is 0. The Morgan fingerprint density at radius 3 is 2.30 bits per heavy atom. The maximum Gasteiger partial charge on any atom is 0.150 e. The number of nitrogens with zero attached hydrogens (tertiary/aromatic N) is 3. The van der Waals surface area contributed by atoms with Crippen LogP contribution in [0.25, 0.3) is 10.8 Å². The molecule has 27 heavy (non-hydrogen) atoms. The molecule has 3 rings (SSSR count).